The van der Waals surface area contributed by atoms with E-state index in [1.165, 1.54) is 0 Å². The van der Waals surface area contributed by atoms with Crippen molar-refractivity contribution in [2.75, 3.05) is 0 Å². The molecule has 116 valence electrons. The Bertz CT molecular complexity index is 788. The van der Waals surface area contributed by atoms with Gasteiger partial charge in [0.15, 0.2) is 0 Å². The molecule has 0 bridgehead atoms. The number of amides is 3. The fourth-order valence-electron chi connectivity index (χ4n) is 2.11. The minimum absolute atomic E-state index is 0.222. The molecule has 1 heterocycles. The van der Waals surface area contributed by atoms with E-state index in [2.05, 4.69) is 26.6 Å². The van der Waals surface area contributed by atoms with Gasteiger partial charge in [-0.15, -0.1) is 0 Å². The molecule has 0 aliphatic carbocycles. The molecule has 3 amide bonds. The Hall–Kier alpha value is -2.60. The molecule has 0 spiro atoms. The molecule has 5 nitrogen and oxygen atoms in total. The zero-order chi connectivity index (χ0) is 16.2. The second-order valence-corrected chi connectivity index (χ2v) is 5.78. The molecule has 1 saturated heterocycles. The second kappa shape index (κ2) is 6.66. The topological polar surface area (TPSA) is 67.4 Å². The van der Waals surface area contributed by atoms with E-state index < -0.39 is 11.9 Å². The van der Waals surface area contributed by atoms with Gasteiger partial charge in [-0.05, 0) is 45.3 Å². The van der Waals surface area contributed by atoms with Crippen LogP contribution in [0.3, 0.4) is 0 Å². The van der Waals surface area contributed by atoms with Gasteiger partial charge in [0.25, 0.3) is 5.91 Å². The summed E-state index contributed by atoms with van der Waals surface area (Å²) in [7, 11) is 0. The summed E-state index contributed by atoms with van der Waals surface area (Å²) in [4.78, 5) is 22.6. The van der Waals surface area contributed by atoms with Crippen LogP contribution < -0.4 is 15.4 Å². The Balaban J connectivity index is 1.72. The van der Waals surface area contributed by atoms with Gasteiger partial charge in [-0.3, -0.25) is 10.1 Å². The van der Waals surface area contributed by atoms with Gasteiger partial charge in [0.2, 0.25) is 0 Å². The maximum Gasteiger partial charge on any atom is 0.326 e. The molecule has 0 unspecified atom stereocenters. The molecule has 2 aromatic rings. The largest absolute Gasteiger partial charge is 0.488 e. The van der Waals surface area contributed by atoms with Gasteiger partial charge in [0, 0.05) is 0 Å². The highest BCUT2D eigenvalue weighted by molar-refractivity contribution is 9.10. The summed E-state index contributed by atoms with van der Waals surface area (Å²) < 4.78 is 6.54. The first-order chi connectivity index (χ1) is 11.1. The van der Waals surface area contributed by atoms with E-state index in [4.69, 9.17) is 4.74 Å². The van der Waals surface area contributed by atoms with Gasteiger partial charge in [-0.2, -0.15) is 0 Å². The third-order valence-corrected chi connectivity index (χ3v) is 3.84. The van der Waals surface area contributed by atoms with Crippen molar-refractivity contribution in [3.05, 3.63) is 69.8 Å². The zero-order valence-corrected chi connectivity index (χ0v) is 13.6. The Kier molecular flexibility index (Phi) is 4.43. The maximum absolute atomic E-state index is 11.5. The summed E-state index contributed by atoms with van der Waals surface area (Å²) in [5.74, 6) is 0.270. The molecule has 6 heteroatoms. The van der Waals surface area contributed by atoms with Crippen LogP contribution in [-0.4, -0.2) is 11.9 Å². The highest BCUT2D eigenvalue weighted by atomic mass is 79.9. The van der Waals surface area contributed by atoms with Gasteiger partial charge < -0.3 is 10.1 Å². The van der Waals surface area contributed by atoms with E-state index in [1.54, 1.807) is 6.08 Å². The number of carbonyl (C=O) groups is 2. The Morgan fingerprint density at radius 1 is 1.04 bits per heavy atom. The molecule has 1 aliphatic heterocycles. The molecule has 2 aromatic carbocycles. The van der Waals surface area contributed by atoms with Crippen LogP contribution in [0.15, 0.2) is 58.7 Å². The summed E-state index contributed by atoms with van der Waals surface area (Å²) >= 11 is 3.45. The van der Waals surface area contributed by atoms with Crippen LogP contribution in [0.2, 0.25) is 0 Å². The Labute approximate surface area is 141 Å². The number of hydrogen-bond donors (Lipinski definition) is 2. The van der Waals surface area contributed by atoms with Crippen LogP contribution in [0, 0.1) is 0 Å². The fourth-order valence-corrected chi connectivity index (χ4v) is 2.62. The van der Waals surface area contributed by atoms with Gasteiger partial charge in [0.1, 0.15) is 18.1 Å². The molecule has 0 saturated carbocycles. The molecular weight excluding hydrogens is 360 g/mol. The van der Waals surface area contributed by atoms with Crippen molar-refractivity contribution >= 4 is 33.9 Å². The maximum atomic E-state index is 11.5. The van der Waals surface area contributed by atoms with Crippen LogP contribution in [0.5, 0.6) is 5.75 Å². The Morgan fingerprint density at radius 2 is 1.83 bits per heavy atom. The number of ether oxygens (including phenoxy) is 1. The second-order valence-electron chi connectivity index (χ2n) is 4.93. The minimum Gasteiger partial charge on any atom is -0.488 e. The molecule has 1 aliphatic rings. The fraction of sp³-hybridized carbons (Fsp3) is 0.0588. The number of nitrogens with one attached hydrogen (secondary N) is 2. The van der Waals surface area contributed by atoms with Crippen molar-refractivity contribution in [2.24, 2.45) is 0 Å². The lowest BCUT2D eigenvalue weighted by Gasteiger charge is -2.09. The number of imide groups is 1. The van der Waals surface area contributed by atoms with E-state index in [0.29, 0.717) is 12.4 Å². The van der Waals surface area contributed by atoms with E-state index in [-0.39, 0.29) is 5.70 Å². The minimum atomic E-state index is -0.511. The first kappa shape index (κ1) is 15.3. The third-order valence-electron chi connectivity index (χ3n) is 3.22. The highest BCUT2D eigenvalue weighted by Gasteiger charge is 2.22. The van der Waals surface area contributed by atoms with Crippen LogP contribution in [0.1, 0.15) is 11.1 Å². The summed E-state index contributed by atoms with van der Waals surface area (Å²) in [5.41, 5.74) is 2.08. The van der Waals surface area contributed by atoms with Crippen molar-refractivity contribution in [3.8, 4) is 5.75 Å². The molecule has 1 fully saturated rings. The van der Waals surface area contributed by atoms with Crippen molar-refractivity contribution in [1.82, 2.24) is 10.6 Å². The summed E-state index contributed by atoms with van der Waals surface area (Å²) in [6, 6.07) is 14.8. The van der Waals surface area contributed by atoms with E-state index in [1.807, 2.05) is 48.5 Å². The van der Waals surface area contributed by atoms with Gasteiger partial charge in [0.05, 0.1) is 4.47 Å². The third kappa shape index (κ3) is 3.78. The number of urea groups is 1. The molecule has 2 N–H and O–H groups in total. The molecule has 3 rings (SSSR count). The zero-order valence-electron chi connectivity index (χ0n) is 12.0. The normalized spacial score (nSPS) is 15.4. The predicted molar refractivity (Wildman–Crippen MR) is 89.6 cm³/mol. The lowest BCUT2D eigenvalue weighted by molar-refractivity contribution is -0.115. The van der Waals surface area contributed by atoms with E-state index in [0.717, 1.165) is 15.6 Å². The van der Waals surface area contributed by atoms with Crippen LogP contribution in [-0.2, 0) is 11.4 Å². The first-order valence-electron chi connectivity index (χ1n) is 6.92. The quantitative estimate of drug-likeness (QED) is 0.639. The average Bonchev–Trinajstić information content (AvgIpc) is 2.85. The van der Waals surface area contributed by atoms with Crippen molar-refractivity contribution in [3.63, 3.8) is 0 Å². The molecule has 0 radical (unpaired) electrons. The Morgan fingerprint density at radius 3 is 2.48 bits per heavy atom. The van der Waals surface area contributed by atoms with Crippen molar-refractivity contribution in [2.45, 2.75) is 6.61 Å². The molecule has 0 atom stereocenters. The van der Waals surface area contributed by atoms with Gasteiger partial charge >= 0.3 is 6.03 Å². The predicted octanol–water partition coefficient (Wildman–Crippen LogP) is 3.21. The number of benzene rings is 2. The number of carbonyl (C=O) groups excluding carboxylic acids is 2. The molecule has 0 aromatic heterocycles. The highest BCUT2D eigenvalue weighted by Crippen LogP contribution is 2.27. The van der Waals surface area contributed by atoms with Gasteiger partial charge in [-0.1, -0.05) is 36.4 Å². The molecular formula is C17H13BrN2O3. The number of halogens is 1. The monoisotopic (exact) mass is 372 g/mol. The van der Waals surface area contributed by atoms with Crippen LogP contribution in [0.4, 0.5) is 4.79 Å². The SMILES string of the molecule is O=C1NC(=O)/C(=C/c2ccc(OCc3ccccc3)c(Br)c2)N1. The average molecular weight is 373 g/mol. The van der Waals surface area contributed by atoms with E-state index in [9.17, 15) is 9.59 Å². The summed E-state index contributed by atoms with van der Waals surface area (Å²) in [6.07, 6.45) is 1.60. The lowest BCUT2D eigenvalue weighted by atomic mass is 10.2. The summed E-state index contributed by atoms with van der Waals surface area (Å²) in [6.45, 7) is 0.471. The number of rotatable bonds is 4. The number of hydrogen-bond acceptors (Lipinski definition) is 3. The lowest BCUT2D eigenvalue weighted by Crippen LogP contribution is -2.22. The van der Waals surface area contributed by atoms with Crippen molar-refractivity contribution in [1.29, 1.82) is 0 Å². The van der Waals surface area contributed by atoms with E-state index >= 15 is 0 Å². The van der Waals surface area contributed by atoms with Crippen molar-refractivity contribution < 1.29 is 14.3 Å². The standard InChI is InChI=1S/C17H13BrN2O3/c18-13-8-12(9-14-16(21)20-17(22)19-14)6-7-15(13)23-10-11-4-2-1-3-5-11/h1-9H,10H2,(H2,19,20,21,22)/b14-9-. The smallest absolute Gasteiger partial charge is 0.326 e. The van der Waals surface area contributed by atoms with Crippen LogP contribution in [0.25, 0.3) is 6.08 Å². The van der Waals surface area contributed by atoms with Crippen LogP contribution >= 0.6 is 15.9 Å². The first-order valence-corrected chi connectivity index (χ1v) is 7.71. The molecule has 23 heavy (non-hydrogen) atoms. The summed E-state index contributed by atoms with van der Waals surface area (Å²) in [5, 5.41) is 4.61. The van der Waals surface area contributed by atoms with Gasteiger partial charge in [-0.25, -0.2) is 4.79 Å².